The first-order valence-electron chi connectivity index (χ1n) is 12.2. The molecule has 0 radical (unpaired) electrons. The van der Waals surface area contributed by atoms with Crippen molar-refractivity contribution >= 4 is 33.0 Å². The Morgan fingerprint density at radius 1 is 1.15 bits per heavy atom. The van der Waals surface area contributed by atoms with Crippen LogP contribution in [0.3, 0.4) is 0 Å². The Bertz CT molecular complexity index is 1300. The van der Waals surface area contributed by atoms with E-state index < -0.39 is 56.2 Å². The van der Waals surface area contributed by atoms with Gasteiger partial charge in [-0.25, -0.2) is 8.42 Å². The highest BCUT2D eigenvalue weighted by Gasteiger charge is 2.39. The van der Waals surface area contributed by atoms with Crippen molar-refractivity contribution in [1.29, 1.82) is 0 Å². The third kappa shape index (κ3) is 7.38. The maximum Gasteiger partial charge on any atom is 0.417 e. The van der Waals surface area contributed by atoms with Crippen LogP contribution >= 0.6 is 11.6 Å². The first kappa shape index (κ1) is 31.1. The van der Waals surface area contributed by atoms with Gasteiger partial charge in [0.2, 0.25) is 0 Å². The number of anilines is 1. The third-order valence-electron chi connectivity index (χ3n) is 6.81. The van der Waals surface area contributed by atoms with E-state index in [4.69, 9.17) is 11.6 Å². The van der Waals surface area contributed by atoms with E-state index in [1.165, 1.54) is 6.26 Å². The molecule has 1 aliphatic carbocycles. The first-order valence-corrected chi connectivity index (χ1v) is 14.5. The predicted octanol–water partition coefficient (Wildman–Crippen LogP) is 5.94. The van der Waals surface area contributed by atoms with Crippen LogP contribution < -0.4 is 10.6 Å². The number of carbonyl (C=O) groups is 1. The Morgan fingerprint density at radius 2 is 1.77 bits per heavy atom. The van der Waals surface area contributed by atoms with Gasteiger partial charge in [-0.2, -0.15) is 31.4 Å². The van der Waals surface area contributed by atoms with Gasteiger partial charge in [0, 0.05) is 30.6 Å². The molecule has 2 aromatic rings. The molecular formula is C24H29ClF6N4O3S. The summed E-state index contributed by atoms with van der Waals surface area (Å²) < 4.78 is 105. The number of carbonyl (C=O) groups excluding carboxylic acids is 1. The van der Waals surface area contributed by atoms with E-state index in [1.54, 1.807) is 6.92 Å². The fourth-order valence-corrected chi connectivity index (χ4v) is 6.01. The van der Waals surface area contributed by atoms with Crippen molar-refractivity contribution in [2.24, 2.45) is 5.92 Å². The Hall–Kier alpha value is -2.48. The van der Waals surface area contributed by atoms with Gasteiger partial charge in [-0.05, 0) is 57.6 Å². The van der Waals surface area contributed by atoms with E-state index >= 15 is 0 Å². The fraction of sp³-hybridized carbons (Fsp3) is 0.583. The SMILES string of the molecule is CCn1nc(C(=O)NCC2CCC(S(C)(=O)=O)CC2)c(Cl)c1-c1ccc(N[C@H](C)C(F)(F)F)cc1C(F)(F)F. The number of hydrogen-bond donors (Lipinski definition) is 2. The van der Waals surface area contributed by atoms with Gasteiger partial charge in [0.1, 0.15) is 15.9 Å². The lowest BCUT2D eigenvalue weighted by Crippen LogP contribution is -2.34. The predicted molar refractivity (Wildman–Crippen MR) is 135 cm³/mol. The zero-order valence-corrected chi connectivity index (χ0v) is 23.0. The number of alkyl halides is 6. The van der Waals surface area contributed by atoms with Crippen molar-refractivity contribution in [1.82, 2.24) is 15.1 Å². The monoisotopic (exact) mass is 602 g/mol. The minimum Gasteiger partial charge on any atom is -0.374 e. The van der Waals surface area contributed by atoms with Crippen LogP contribution in [0.2, 0.25) is 5.02 Å². The second-order valence-electron chi connectivity index (χ2n) is 9.68. The summed E-state index contributed by atoms with van der Waals surface area (Å²) in [6.07, 6.45) is -6.31. The molecule has 1 saturated carbocycles. The zero-order chi connectivity index (χ0) is 29.3. The van der Waals surface area contributed by atoms with Gasteiger partial charge in [-0.3, -0.25) is 9.48 Å². The summed E-state index contributed by atoms with van der Waals surface area (Å²) in [5, 5.41) is 8.06. The topological polar surface area (TPSA) is 93.1 Å². The fourth-order valence-electron chi connectivity index (χ4n) is 4.56. The number of rotatable bonds is 8. The summed E-state index contributed by atoms with van der Waals surface area (Å²) in [4.78, 5) is 12.9. The molecule has 1 atom stereocenters. The molecule has 1 aromatic heterocycles. The highest BCUT2D eigenvalue weighted by Crippen LogP contribution is 2.42. The minimum absolute atomic E-state index is 0.0226. The number of aromatic nitrogens is 2. The van der Waals surface area contributed by atoms with Crippen LogP contribution in [0.5, 0.6) is 0 Å². The van der Waals surface area contributed by atoms with Crippen molar-refractivity contribution in [3.8, 4) is 11.3 Å². The molecule has 0 unspecified atom stereocenters. The number of halogens is 7. The summed E-state index contributed by atoms with van der Waals surface area (Å²) in [6.45, 7) is 2.64. The van der Waals surface area contributed by atoms with Crippen LogP contribution in [-0.2, 0) is 22.6 Å². The second-order valence-corrected chi connectivity index (χ2v) is 12.4. The van der Waals surface area contributed by atoms with Gasteiger partial charge in [0.15, 0.2) is 5.69 Å². The van der Waals surface area contributed by atoms with E-state index in [0.717, 1.165) is 23.7 Å². The van der Waals surface area contributed by atoms with Gasteiger partial charge in [0.25, 0.3) is 5.91 Å². The number of amides is 1. The van der Waals surface area contributed by atoms with E-state index in [-0.39, 0.29) is 35.4 Å². The Balaban J connectivity index is 1.86. The molecule has 0 bridgehead atoms. The molecule has 0 aliphatic heterocycles. The van der Waals surface area contributed by atoms with Crippen LogP contribution in [0.1, 0.15) is 55.6 Å². The van der Waals surface area contributed by atoms with Gasteiger partial charge in [-0.15, -0.1) is 0 Å². The van der Waals surface area contributed by atoms with Gasteiger partial charge < -0.3 is 10.6 Å². The maximum atomic E-state index is 14.0. The number of aryl methyl sites for hydroxylation is 1. The molecule has 7 nitrogen and oxygen atoms in total. The maximum absolute atomic E-state index is 14.0. The number of nitrogens with zero attached hydrogens (tertiary/aromatic N) is 2. The minimum atomic E-state index is -4.95. The van der Waals surface area contributed by atoms with Gasteiger partial charge in [-0.1, -0.05) is 17.7 Å². The van der Waals surface area contributed by atoms with Gasteiger partial charge in [0.05, 0.1) is 21.5 Å². The number of nitrogens with one attached hydrogen (secondary N) is 2. The largest absolute Gasteiger partial charge is 0.417 e. The molecule has 1 heterocycles. The van der Waals surface area contributed by atoms with Crippen molar-refractivity contribution in [2.75, 3.05) is 18.1 Å². The summed E-state index contributed by atoms with van der Waals surface area (Å²) >= 11 is 6.39. The highest BCUT2D eigenvalue weighted by molar-refractivity contribution is 7.91. The van der Waals surface area contributed by atoms with Crippen LogP contribution in [0, 0.1) is 5.92 Å². The van der Waals surface area contributed by atoms with Crippen molar-refractivity contribution in [3.63, 3.8) is 0 Å². The van der Waals surface area contributed by atoms with Crippen molar-refractivity contribution in [3.05, 3.63) is 34.5 Å². The molecular weight excluding hydrogens is 574 g/mol. The van der Waals surface area contributed by atoms with Crippen molar-refractivity contribution < 1.29 is 39.6 Å². The van der Waals surface area contributed by atoms with Crippen molar-refractivity contribution in [2.45, 2.75) is 69.7 Å². The van der Waals surface area contributed by atoms with Crippen LogP contribution in [0.15, 0.2) is 18.2 Å². The number of benzene rings is 1. The molecule has 2 N–H and O–H groups in total. The summed E-state index contributed by atoms with van der Waals surface area (Å²) in [7, 11) is -3.14. The Labute approximate surface area is 227 Å². The molecule has 1 aromatic carbocycles. The van der Waals surface area contributed by atoms with Crippen LogP contribution in [0.25, 0.3) is 11.3 Å². The molecule has 1 fully saturated rings. The van der Waals surface area contributed by atoms with E-state index in [9.17, 15) is 39.6 Å². The Kier molecular flexibility index (Phi) is 9.20. The van der Waals surface area contributed by atoms with Crippen LogP contribution in [-0.4, -0.2) is 54.4 Å². The summed E-state index contributed by atoms with van der Waals surface area (Å²) in [6, 6.07) is 0.535. The van der Waals surface area contributed by atoms with Gasteiger partial charge >= 0.3 is 12.4 Å². The number of sulfone groups is 1. The normalized spacial score (nSPS) is 19.5. The Morgan fingerprint density at radius 3 is 2.28 bits per heavy atom. The molecule has 1 aliphatic rings. The molecule has 0 spiro atoms. The lowest BCUT2D eigenvalue weighted by atomic mass is 9.89. The molecule has 218 valence electrons. The first-order chi connectivity index (χ1) is 17.9. The summed E-state index contributed by atoms with van der Waals surface area (Å²) in [5.74, 6) is -0.682. The second kappa shape index (κ2) is 11.6. The molecule has 39 heavy (non-hydrogen) atoms. The molecule has 3 rings (SSSR count). The van der Waals surface area contributed by atoms with E-state index in [1.807, 2.05) is 5.32 Å². The number of hydrogen-bond acceptors (Lipinski definition) is 5. The molecule has 0 saturated heterocycles. The zero-order valence-electron chi connectivity index (χ0n) is 21.4. The lowest BCUT2D eigenvalue weighted by Gasteiger charge is -2.27. The average Bonchev–Trinajstić information content (AvgIpc) is 3.17. The highest BCUT2D eigenvalue weighted by atomic mass is 35.5. The smallest absolute Gasteiger partial charge is 0.374 e. The lowest BCUT2D eigenvalue weighted by molar-refractivity contribution is -0.138. The van der Waals surface area contributed by atoms with Crippen LogP contribution in [0.4, 0.5) is 32.0 Å². The average molecular weight is 603 g/mol. The van der Waals surface area contributed by atoms with E-state index in [0.29, 0.717) is 31.7 Å². The molecule has 15 heteroatoms. The summed E-state index contributed by atoms with van der Waals surface area (Å²) in [5.41, 5.74) is -2.56. The standard InChI is InChI=1S/C24H29ClF6N4O3S/c1-4-35-21(17-10-7-15(11-18(17)24(29,30)31)33-13(2)23(26,27)28)19(25)20(34-35)22(36)32-12-14-5-8-16(9-6-14)39(3,37)38/h7,10-11,13-14,16,33H,4-6,8-9,12H2,1-3H3,(H,32,36)/t13-,14?,16?/m1/s1. The third-order valence-corrected chi connectivity index (χ3v) is 8.85. The quantitative estimate of drug-likeness (QED) is 0.365. The van der Waals surface area contributed by atoms with E-state index in [2.05, 4.69) is 10.4 Å². The molecule has 1 amide bonds.